The highest BCUT2D eigenvalue weighted by molar-refractivity contribution is 7.11. The van der Waals surface area contributed by atoms with Crippen molar-refractivity contribution in [3.8, 4) is 0 Å². The maximum Gasteiger partial charge on any atom is 0.123 e. The van der Waals surface area contributed by atoms with E-state index in [1.807, 2.05) is 0 Å². The van der Waals surface area contributed by atoms with E-state index in [4.69, 9.17) is 0 Å². The van der Waals surface area contributed by atoms with Gasteiger partial charge in [-0.05, 0) is 42.7 Å². The molecule has 0 saturated carbocycles. The van der Waals surface area contributed by atoms with Crippen molar-refractivity contribution in [1.29, 1.82) is 0 Å². The highest BCUT2D eigenvalue weighted by atomic mass is 32.1. The third-order valence-corrected chi connectivity index (χ3v) is 4.14. The fourth-order valence-electron chi connectivity index (χ4n) is 1.92. The summed E-state index contributed by atoms with van der Waals surface area (Å²) in [5.74, 6) is -0.237. The summed E-state index contributed by atoms with van der Waals surface area (Å²) in [6.45, 7) is 2.13. The molecule has 2 aromatic rings. The quantitative estimate of drug-likeness (QED) is 0.875. The summed E-state index contributed by atoms with van der Waals surface area (Å²) < 4.78 is 12.8. The lowest BCUT2D eigenvalue weighted by Gasteiger charge is -2.09. The van der Waals surface area contributed by atoms with Crippen molar-refractivity contribution < 1.29 is 9.50 Å². The Labute approximate surface area is 111 Å². The molecule has 1 aromatic carbocycles. The van der Waals surface area contributed by atoms with Crippen LogP contribution in [-0.2, 0) is 19.3 Å². The van der Waals surface area contributed by atoms with E-state index < -0.39 is 6.10 Å². The van der Waals surface area contributed by atoms with Crippen molar-refractivity contribution in [1.82, 2.24) is 0 Å². The van der Waals surface area contributed by atoms with Gasteiger partial charge in [0.05, 0.1) is 6.10 Å². The molecule has 1 unspecified atom stereocenters. The van der Waals surface area contributed by atoms with Gasteiger partial charge in [-0.3, -0.25) is 0 Å². The van der Waals surface area contributed by atoms with Gasteiger partial charge < -0.3 is 5.11 Å². The van der Waals surface area contributed by atoms with Crippen LogP contribution in [0.1, 0.15) is 22.2 Å². The minimum atomic E-state index is -0.404. The second-order valence-electron chi connectivity index (χ2n) is 4.41. The topological polar surface area (TPSA) is 20.2 Å². The normalized spacial score (nSPS) is 12.6. The Hall–Kier alpha value is -1.19. The maximum atomic E-state index is 12.8. The van der Waals surface area contributed by atoms with Crippen LogP contribution in [-0.4, -0.2) is 11.2 Å². The van der Waals surface area contributed by atoms with Crippen LogP contribution in [0.25, 0.3) is 0 Å². The van der Waals surface area contributed by atoms with Crippen LogP contribution < -0.4 is 0 Å². The molecule has 0 spiro atoms. The highest BCUT2D eigenvalue weighted by Gasteiger charge is 2.09. The summed E-state index contributed by atoms with van der Waals surface area (Å²) >= 11 is 1.75. The van der Waals surface area contributed by atoms with Gasteiger partial charge >= 0.3 is 0 Å². The van der Waals surface area contributed by atoms with Gasteiger partial charge in [0.1, 0.15) is 5.82 Å². The number of benzene rings is 1. The van der Waals surface area contributed by atoms with Crippen LogP contribution in [0.15, 0.2) is 36.4 Å². The third-order valence-electron chi connectivity index (χ3n) is 2.89. The van der Waals surface area contributed by atoms with E-state index in [0.717, 1.165) is 12.0 Å². The molecular weight excluding hydrogens is 247 g/mol. The average molecular weight is 264 g/mol. The SMILES string of the molecule is CCc1ccc(CC(O)Cc2ccc(F)cc2)s1. The van der Waals surface area contributed by atoms with Crippen molar-refractivity contribution in [3.63, 3.8) is 0 Å². The summed E-state index contributed by atoms with van der Waals surface area (Å²) in [4.78, 5) is 2.56. The largest absolute Gasteiger partial charge is 0.392 e. The van der Waals surface area contributed by atoms with Gasteiger partial charge in [-0.2, -0.15) is 0 Å². The van der Waals surface area contributed by atoms with Crippen LogP contribution in [0.3, 0.4) is 0 Å². The van der Waals surface area contributed by atoms with Gasteiger partial charge in [0.2, 0.25) is 0 Å². The predicted molar refractivity (Wildman–Crippen MR) is 73.5 cm³/mol. The number of hydrogen-bond donors (Lipinski definition) is 1. The number of aryl methyl sites for hydroxylation is 1. The van der Waals surface area contributed by atoms with Crippen LogP contribution in [0.2, 0.25) is 0 Å². The monoisotopic (exact) mass is 264 g/mol. The molecule has 1 N–H and O–H groups in total. The van der Waals surface area contributed by atoms with E-state index in [-0.39, 0.29) is 5.82 Å². The fraction of sp³-hybridized carbons (Fsp3) is 0.333. The maximum absolute atomic E-state index is 12.8. The van der Waals surface area contributed by atoms with Crippen molar-refractivity contribution in [2.45, 2.75) is 32.3 Å². The van der Waals surface area contributed by atoms with E-state index in [2.05, 4.69) is 19.1 Å². The van der Waals surface area contributed by atoms with Gasteiger partial charge in [-0.15, -0.1) is 11.3 Å². The fourth-order valence-corrected chi connectivity index (χ4v) is 2.95. The minimum absolute atomic E-state index is 0.237. The summed E-state index contributed by atoms with van der Waals surface area (Å²) in [6, 6.07) is 10.5. The van der Waals surface area contributed by atoms with E-state index in [1.165, 1.54) is 21.9 Å². The van der Waals surface area contributed by atoms with Crippen LogP contribution in [0.4, 0.5) is 4.39 Å². The van der Waals surface area contributed by atoms with Crippen molar-refractivity contribution in [3.05, 3.63) is 57.5 Å². The number of halogens is 1. The Kier molecular flexibility index (Phi) is 4.50. The first-order valence-electron chi connectivity index (χ1n) is 6.17. The summed E-state index contributed by atoms with van der Waals surface area (Å²) in [5, 5.41) is 10.0. The van der Waals surface area contributed by atoms with Crippen LogP contribution in [0, 0.1) is 5.82 Å². The Balaban J connectivity index is 1.91. The molecule has 0 saturated heterocycles. The lowest BCUT2D eigenvalue weighted by Crippen LogP contribution is -2.13. The molecular formula is C15H17FOS. The molecule has 0 amide bonds. The number of aliphatic hydroxyl groups excluding tert-OH is 1. The summed E-state index contributed by atoms with van der Waals surface area (Å²) in [6.07, 6.45) is 1.87. The Morgan fingerprint density at radius 2 is 1.72 bits per heavy atom. The molecule has 1 aromatic heterocycles. The molecule has 0 aliphatic carbocycles. The lowest BCUT2D eigenvalue weighted by atomic mass is 10.1. The van der Waals surface area contributed by atoms with Gasteiger partial charge in [-0.1, -0.05) is 19.1 Å². The predicted octanol–water partition coefficient (Wildman–Crippen LogP) is 3.60. The highest BCUT2D eigenvalue weighted by Crippen LogP contribution is 2.19. The summed E-state index contributed by atoms with van der Waals surface area (Å²) in [7, 11) is 0. The Morgan fingerprint density at radius 3 is 2.33 bits per heavy atom. The second-order valence-corrected chi connectivity index (χ2v) is 5.66. The molecule has 96 valence electrons. The molecule has 1 heterocycles. The summed E-state index contributed by atoms with van der Waals surface area (Å²) in [5.41, 5.74) is 0.969. The van der Waals surface area contributed by atoms with Gasteiger partial charge in [0.15, 0.2) is 0 Å². The van der Waals surface area contributed by atoms with E-state index in [9.17, 15) is 9.50 Å². The number of rotatable bonds is 5. The first-order valence-corrected chi connectivity index (χ1v) is 6.99. The second kappa shape index (κ2) is 6.12. The Morgan fingerprint density at radius 1 is 1.06 bits per heavy atom. The minimum Gasteiger partial charge on any atom is -0.392 e. The van der Waals surface area contributed by atoms with Crippen molar-refractivity contribution >= 4 is 11.3 Å². The van der Waals surface area contributed by atoms with E-state index in [1.54, 1.807) is 23.5 Å². The molecule has 0 aliphatic heterocycles. The van der Waals surface area contributed by atoms with Crippen LogP contribution in [0.5, 0.6) is 0 Å². The van der Waals surface area contributed by atoms with E-state index >= 15 is 0 Å². The van der Waals surface area contributed by atoms with Crippen molar-refractivity contribution in [2.24, 2.45) is 0 Å². The molecule has 0 radical (unpaired) electrons. The standard InChI is InChI=1S/C15H17FOS/c1-2-14-7-8-15(18-14)10-13(17)9-11-3-5-12(16)6-4-11/h3-8,13,17H,2,9-10H2,1H3. The van der Waals surface area contributed by atoms with Gasteiger partial charge in [0, 0.05) is 16.2 Å². The average Bonchev–Trinajstić information content (AvgIpc) is 2.79. The lowest BCUT2D eigenvalue weighted by molar-refractivity contribution is 0.176. The molecule has 18 heavy (non-hydrogen) atoms. The van der Waals surface area contributed by atoms with Crippen molar-refractivity contribution in [2.75, 3.05) is 0 Å². The first kappa shape index (κ1) is 13.2. The third kappa shape index (κ3) is 3.65. The molecule has 1 atom stereocenters. The molecule has 2 rings (SSSR count). The number of thiophene rings is 1. The zero-order valence-electron chi connectivity index (χ0n) is 10.4. The number of aliphatic hydroxyl groups is 1. The molecule has 1 nitrogen and oxygen atoms in total. The zero-order valence-corrected chi connectivity index (χ0v) is 11.2. The molecule has 0 aliphatic rings. The van der Waals surface area contributed by atoms with Crippen LogP contribution >= 0.6 is 11.3 Å². The molecule has 3 heteroatoms. The molecule has 0 fully saturated rings. The first-order chi connectivity index (χ1) is 8.67. The van der Waals surface area contributed by atoms with E-state index in [0.29, 0.717) is 12.8 Å². The molecule has 0 bridgehead atoms. The Bertz CT molecular complexity index is 489. The van der Waals surface area contributed by atoms with Gasteiger partial charge in [0.25, 0.3) is 0 Å². The zero-order chi connectivity index (χ0) is 13.0. The number of hydrogen-bond acceptors (Lipinski definition) is 2. The van der Waals surface area contributed by atoms with Gasteiger partial charge in [-0.25, -0.2) is 4.39 Å². The smallest absolute Gasteiger partial charge is 0.123 e.